The summed E-state index contributed by atoms with van der Waals surface area (Å²) in [5, 5.41) is 0. The molecule has 0 aromatic heterocycles. The van der Waals surface area contributed by atoms with Gasteiger partial charge < -0.3 is 0 Å². The molecule has 0 saturated heterocycles. The molecule has 3 heteroatoms. The highest BCUT2D eigenvalue weighted by Crippen LogP contribution is 2.26. The fourth-order valence-corrected chi connectivity index (χ4v) is 0.498. The first kappa shape index (κ1) is 10.5. The van der Waals surface area contributed by atoms with Crippen LogP contribution in [0.25, 0.3) is 0 Å². The molecule has 1 atom stereocenters. The molecule has 0 heterocycles. The van der Waals surface area contributed by atoms with E-state index in [1.165, 1.54) is 6.08 Å². The van der Waals surface area contributed by atoms with E-state index in [0.29, 0.717) is 0 Å². The maximum absolute atomic E-state index is 11.8. The van der Waals surface area contributed by atoms with Crippen LogP contribution in [0.2, 0.25) is 0 Å². The Labute approximate surface area is 65.1 Å². The van der Waals surface area contributed by atoms with Gasteiger partial charge in [-0.2, -0.15) is 13.2 Å². The summed E-state index contributed by atoms with van der Waals surface area (Å²) < 4.78 is 35.5. The summed E-state index contributed by atoms with van der Waals surface area (Å²) in [5.41, 5.74) is 0. The van der Waals surface area contributed by atoms with Crippen LogP contribution >= 0.6 is 0 Å². The highest BCUT2D eigenvalue weighted by atomic mass is 19.4. The van der Waals surface area contributed by atoms with Gasteiger partial charge in [0.05, 0.1) is 5.92 Å². The molecular formula is C8H13F3. The minimum Gasteiger partial charge on any atom is -0.170 e. The number of allylic oxidation sites excluding steroid dienone is 2. The average molecular weight is 166 g/mol. The van der Waals surface area contributed by atoms with E-state index < -0.39 is 12.1 Å². The molecule has 0 spiro atoms. The second-order valence-electron chi connectivity index (χ2n) is 2.96. The lowest BCUT2D eigenvalue weighted by Crippen LogP contribution is -2.17. The van der Waals surface area contributed by atoms with E-state index in [1.807, 2.05) is 13.8 Å². The Morgan fingerprint density at radius 1 is 1.00 bits per heavy atom. The molecule has 0 aliphatic heterocycles. The Bertz CT molecular complexity index is 133. The van der Waals surface area contributed by atoms with Gasteiger partial charge in [-0.3, -0.25) is 0 Å². The minimum atomic E-state index is -4.09. The second-order valence-corrected chi connectivity index (χ2v) is 2.96. The molecule has 66 valence electrons. The van der Waals surface area contributed by atoms with Crippen LogP contribution < -0.4 is 0 Å². The molecule has 0 amide bonds. The largest absolute Gasteiger partial charge is 0.394 e. The molecular weight excluding hydrogens is 153 g/mol. The Morgan fingerprint density at radius 3 is 1.73 bits per heavy atom. The van der Waals surface area contributed by atoms with Crippen LogP contribution in [0.1, 0.15) is 20.8 Å². The third-order valence-electron chi connectivity index (χ3n) is 1.30. The Morgan fingerprint density at radius 2 is 1.45 bits per heavy atom. The van der Waals surface area contributed by atoms with Crippen LogP contribution in [0.5, 0.6) is 0 Å². The first-order valence-corrected chi connectivity index (χ1v) is 3.59. The van der Waals surface area contributed by atoms with Gasteiger partial charge in [0, 0.05) is 0 Å². The normalized spacial score (nSPS) is 16.3. The van der Waals surface area contributed by atoms with Gasteiger partial charge in [-0.05, 0) is 5.92 Å². The maximum atomic E-state index is 11.8. The predicted octanol–water partition coefficient (Wildman–Crippen LogP) is 3.40. The summed E-state index contributed by atoms with van der Waals surface area (Å²) in [6.45, 7) is 4.85. The van der Waals surface area contributed by atoms with Crippen molar-refractivity contribution < 1.29 is 13.2 Å². The molecule has 11 heavy (non-hydrogen) atoms. The number of halogens is 3. The molecule has 0 aliphatic rings. The number of hydrogen-bond donors (Lipinski definition) is 0. The number of hydrogen-bond acceptors (Lipinski definition) is 0. The lowest BCUT2D eigenvalue weighted by molar-refractivity contribution is -0.156. The van der Waals surface area contributed by atoms with E-state index in [9.17, 15) is 13.2 Å². The van der Waals surface area contributed by atoms with Crippen molar-refractivity contribution in [2.24, 2.45) is 11.8 Å². The molecule has 0 rings (SSSR count). The van der Waals surface area contributed by atoms with E-state index in [1.54, 1.807) is 6.08 Å². The van der Waals surface area contributed by atoms with Crippen molar-refractivity contribution in [3.05, 3.63) is 12.2 Å². The van der Waals surface area contributed by atoms with E-state index in [0.717, 1.165) is 6.92 Å². The van der Waals surface area contributed by atoms with Gasteiger partial charge in [-0.25, -0.2) is 0 Å². The Hall–Kier alpha value is -0.470. The van der Waals surface area contributed by atoms with Crippen molar-refractivity contribution in [2.75, 3.05) is 0 Å². The zero-order valence-electron chi connectivity index (χ0n) is 6.94. The third kappa shape index (κ3) is 4.87. The van der Waals surface area contributed by atoms with Crippen LogP contribution in [0.3, 0.4) is 0 Å². The molecule has 0 aromatic carbocycles. The summed E-state index contributed by atoms with van der Waals surface area (Å²) in [4.78, 5) is 0. The molecule has 0 radical (unpaired) electrons. The van der Waals surface area contributed by atoms with E-state index in [4.69, 9.17) is 0 Å². The zero-order valence-corrected chi connectivity index (χ0v) is 6.94. The van der Waals surface area contributed by atoms with Crippen molar-refractivity contribution in [1.29, 1.82) is 0 Å². The first-order chi connectivity index (χ1) is 4.84. The summed E-state index contributed by atoms with van der Waals surface area (Å²) >= 11 is 0. The number of rotatable bonds is 2. The Balaban J connectivity index is 3.97. The van der Waals surface area contributed by atoms with Gasteiger partial charge in [-0.15, -0.1) is 0 Å². The first-order valence-electron chi connectivity index (χ1n) is 3.59. The maximum Gasteiger partial charge on any atom is 0.394 e. The highest BCUT2D eigenvalue weighted by molar-refractivity contribution is 4.91. The third-order valence-corrected chi connectivity index (χ3v) is 1.30. The highest BCUT2D eigenvalue weighted by Gasteiger charge is 2.33. The average Bonchev–Trinajstić information content (AvgIpc) is 1.80. The molecule has 0 nitrogen and oxygen atoms in total. The van der Waals surface area contributed by atoms with Crippen molar-refractivity contribution in [3.8, 4) is 0 Å². The summed E-state index contributed by atoms with van der Waals surface area (Å²) in [7, 11) is 0. The molecule has 0 aromatic rings. The summed E-state index contributed by atoms with van der Waals surface area (Å²) in [6, 6.07) is 0. The lowest BCUT2D eigenvalue weighted by atomic mass is 10.1. The Kier molecular flexibility index (Phi) is 3.63. The van der Waals surface area contributed by atoms with Crippen LogP contribution in [0, 0.1) is 11.8 Å². The van der Waals surface area contributed by atoms with Crippen LogP contribution in [0.4, 0.5) is 13.2 Å². The SMILES string of the molecule is CC(C)/C=C/C(C)C(F)(F)F. The van der Waals surface area contributed by atoms with Crippen molar-refractivity contribution in [3.63, 3.8) is 0 Å². The van der Waals surface area contributed by atoms with Crippen LogP contribution in [-0.4, -0.2) is 6.18 Å². The van der Waals surface area contributed by atoms with Crippen LogP contribution in [-0.2, 0) is 0 Å². The molecule has 0 fully saturated rings. The molecule has 0 bridgehead atoms. The zero-order chi connectivity index (χ0) is 9.07. The standard InChI is InChI=1S/C8H13F3/c1-6(2)4-5-7(3)8(9,10)11/h4-7H,1-3H3/b5-4+. The molecule has 0 aliphatic carbocycles. The molecule has 1 unspecified atom stereocenters. The van der Waals surface area contributed by atoms with Gasteiger partial charge in [0.1, 0.15) is 0 Å². The lowest BCUT2D eigenvalue weighted by Gasteiger charge is -2.10. The van der Waals surface area contributed by atoms with Gasteiger partial charge >= 0.3 is 6.18 Å². The fraction of sp³-hybridized carbons (Fsp3) is 0.750. The monoisotopic (exact) mass is 166 g/mol. The topological polar surface area (TPSA) is 0 Å². The van der Waals surface area contributed by atoms with Gasteiger partial charge in [0.25, 0.3) is 0 Å². The summed E-state index contributed by atoms with van der Waals surface area (Å²) in [5.74, 6) is -1.15. The van der Waals surface area contributed by atoms with E-state index in [-0.39, 0.29) is 5.92 Å². The second kappa shape index (κ2) is 3.79. The molecule has 0 N–H and O–H groups in total. The van der Waals surface area contributed by atoms with E-state index >= 15 is 0 Å². The smallest absolute Gasteiger partial charge is 0.170 e. The number of alkyl halides is 3. The fourth-order valence-electron chi connectivity index (χ4n) is 0.498. The van der Waals surface area contributed by atoms with Crippen molar-refractivity contribution >= 4 is 0 Å². The van der Waals surface area contributed by atoms with Gasteiger partial charge in [-0.1, -0.05) is 32.9 Å². The molecule has 0 saturated carbocycles. The van der Waals surface area contributed by atoms with Crippen molar-refractivity contribution in [1.82, 2.24) is 0 Å². The van der Waals surface area contributed by atoms with E-state index in [2.05, 4.69) is 0 Å². The van der Waals surface area contributed by atoms with Crippen molar-refractivity contribution in [2.45, 2.75) is 26.9 Å². The summed E-state index contributed by atoms with van der Waals surface area (Å²) in [6.07, 6.45) is -1.33. The minimum absolute atomic E-state index is 0.180. The quantitative estimate of drug-likeness (QED) is 0.551. The van der Waals surface area contributed by atoms with Gasteiger partial charge in [0.15, 0.2) is 0 Å². The predicted molar refractivity (Wildman–Crippen MR) is 39.2 cm³/mol. The van der Waals surface area contributed by atoms with Crippen LogP contribution in [0.15, 0.2) is 12.2 Å². The van der Waals surface area contributed by atoms with Gasteiger partial charge in [0.2, 0.25) is 0 Å².